The summed E-state index contributed by atoms with van der Waals surface area (Å²) in [7, 11) is 0. The number of nitrogens with one attached hydrogen (secondary N) is 2. The van der Waals surface area contributed by atoms with Crippen molar-refractivity contribution in [2.45, 2.75) is 39.2 Å². The largest absolute Gasteiger partial charge is 0.462 e. The fourth-order valence-corrected chi connectivity index (χ4v) is 2.50. The summed E-state index contributed by atoms with van der Waals surface area (Å²) in [5, 5.41) is 5.13. The van der Waals surface area contributed by atoms with Crippen molar-refractivity contribution in [1.82, 2.24) is 10.6 Å². The van der Waals surface area contributed by atoms with Crippen LogP contribution in [-0.4, -0.2) is 18.6 Å². The molecule has 1 atom stereocenters. The number of allylic oxidation sites excluding steroid dienone is 1. The standard InChI is InChI=1S/C17H21FN2O3/c1-3-4-7-10-23-16(21)14-11(2)19-17(22)20-15(14)12-8-5-6-9-13(12)18/h5-6,8-9,15H,3-4,7,10H2,1-2H3,(H2,19,20,22)/t15-/m0/s1. The second-order valence-electron chi connectivity index (χ2n) is 5.43. The Hall–Kier alpha value is -2.37. The summed E-state index contributed by atoms with van der Waals surface area (Å²) in [6, 6.07) is 4.72. The van der Waals surface area contributed by atoms with Crippen LogP contribution in [0.5, 0.6) is 0 Å². The molecule has 0 saturated carbocycles. The van der Waals surface area contributed by atoms with Crippen LogP contribution in [0.4, 0.5) is 9.18 Å². The summed E-state index contributed by atoms with van der Waals surface area (Å²) < 4.78 is 19.3. The zero-order valence-corrected chi connectivity index (χ0v) is 13.3. The van der Waals surface area contributed by atoms with E-state index in [-0.39, 0.29) is 11.1 Å². The molecular formula is C17H21FN2O3. The fourth-order valence-electron chi connectivity index (χ4n) is 2.50. The molecule has 1 aromatic carbocycles. The zero-order chi connectivity index (χ0) is 16.8. The van der Waals surface area contributed by atoms with Crippen LogP contribution < -0.4 is 10.6 Å². The second-order valence-corrected chi connectivity index (χ2v) is 5.43. The molecule has 0 spiro atoms. The number of carbonyl (C=O) groups is 2. The molecule has 2 amide bonds. The van der Waals surface area contributed by atoms with Gasteiger partial charge in [-0.2, -0.15) is 0 Å². The number of carbonyl (C=O) groups excluding carboxylic acids is 2. The number of urea groups is 1. The number of hydrogen-bond acceptors (Lipinski definition) is 3. The van der Waals surface area contributed by atoms with Gasteiger partial charge >= 0.3 is 12.0 Å². The quantitative estimate of drug-likeness (QED) is 0.625. The third-order valence-electron chi connectivity index (χ3n) is 3.69. The average Bonchev–Trinajstić information content (AvgIpc) is 2.51. The molecule has 0 aromatic heterocycles. The minimum absolute atomic E-state index is 0.228. The number of rotatable bonds is 6. The molecule has 0 fully saturated rings. The molecule has 1 aliphatic heterocycles. The minimum Gasteiger partial charge on any atom is -0.462 e. The van der Waals surface area contributed by atoms with Gasteiger partial charge in [-0.3, -0.25) is 0 Å². The second kappa shape index (κ2) is 7.76. The van der Waals surface area contributed by atoms with Crippen LogP contribution in [-0.2, 0) is 9.53 Å². The lowest BCUT2D eigenvalue weighted by molar-refractivity contribution is -0.139. The highest BCUT2D eigenvalue weighted by molar-refractivity contribution is 5.95. The predicted octanol–water partition coefficient (Wildman–Crippen LogP) is 3.19. The van der Waals surface area contributed by atoms with Gasteiger partial charge in [0.25, 0.3) is 0 Å². The third-order valence-corrected chi connectivity index (χ3v) is 3.69. The van der Waals surface area contributed by atoms with Crippen LogP contribution in [0.15, 0.2) is 35.5 Å². The first-order valence-electron chi connectivity index (χ1n) is 7.74. The molecule has 0 aliphatic carbocycles. The molecular weight excluding hydrogens is 299 g/mol. The van der Waals surface area contributed by atoms with E-state index in [1.807, 2.05) is 0 Å². The minimum atomic E-state index is -0.858. The van der Waals surface area contributed by atoms with Crippen molar-refractivity contribution >= 4 is 12.0 Å². The molecule has 2 rings (SSSR count). The van der Waals surface area contributed by atoms with E-state index in [4.69, 9.17) is 4.74 Å². The molecule has 0 radical (unpaired) electrons. The predicted molar refractivity (Wildman–Crippen MR) is 84.0 cm³/mol. The van der Waals surface area contributed by atoms with Crippen LogP contribution in [0, 0.1) is 5.82 Å². The van der Waals surface area contributed by atoms with E-state index in [2.05, 4.69) is 17.6 Å². The number of hydrogen-bond donors (Lipinski definition) is 2. The van der Waals surface area contributed by atoms with Gasteiger partial charge in [0.05, 0.1) is 18.2 Å². The number of ether oxygens (including phenoxy) is 1. The van der Waals surface area contributed by atoms with Gasteiger partial charge in [0, 0.05) is 11.3 Å². The summed E-state index contributed by atoms with van der Waals surface area (Å²) in [6.07, 6.45) is 2.77. The molecule has 2 N–H and O–H groups in total. The summed E-state index contributed by atoms with van der Waals surface area (Å²) in [6.45, 7) is 3.97. The van der Waals surface area contributed by atoms with E-state index < -0.39 is 23.9 Å². The van der Waals surface area contributed by atoms with E-state index in [0.29, 0.717) is 12.3 Å². The molecule has 5 nitrogen and oxygen atoms in total. The van der Waals surface area contributed by atoms with Crippen molar-refractivity contribution in [3.63, 3.8) is 0 Å². The van der Waals surface area contributed by atoms with Crippen molar-refractivity contribution < 1.29 is 18.7 Å². The van der Waals surface area contributed by atoms with E-state index in [0.717, 1.165) is 19.3 Å². The highest BCUT2D eigenvalue weighted by Gasteiger charge is 2.33. The summed E-state index contributed by atoms with van der Waals surface area (Å²) in [5.74, 6) is -1.02. The number of amides is 2. The molecule has 0 bridgehead atoms. The third kappa shape index (κ3) is 4.09. The van der Waals surface area contributed by atoms with Crippen molar-refractivity contribution in [3.05, 3.63) is 46.9 Å². The zero-order valence-electron chi connectivity index (χ0n) is 13.3. The van der Waals surface area contributed by atoms with Gasteiger partial charge in [0.2, 0.25) is 0 Å². The molecule has 0 saturated heterocycles. The Morgan fingerprint density at radius 3 is 2.74 bits per heavy atom. The van der Waals surface area contributed by atoms with Gasteiger partial charge < -0.3 is 15.4 Å². The number of esters is 1. The number of halogens is 1. The van der Waals surface area contributed by atoms with Gasteiger partial charge in [0.1, 0.15) is 5.82 Å². The first-order chi connectivity index (χ1) is 11.0. The molecule has 1 heterocycles. The van der Waals surface area contributed by atoms with Gasteiger partial charge in [-0.05, 0) is 19.4 Å². The molecule has 124 valence electrons. The van der Waals surface area contributed by atoms with Crippen molar-refractivity contribution in [3.8, 4) is 0 Å². The van der Waals surface area contributed by atoms with Crippen LogP contribution in [0.25, 0.3) is 0 Å². The monoisotopic (exact) mass is 320 g/mol. The van der Waals surface area contributed by atoms with Gasteiger partial charge in [-0.25, -0.2) is 14.0 Å². The van der Waals surface area contributed by atoms with Crippen molar-refractivity contribution in [2.75, 3.05) is 6.61 Å². The van der Waals surface area contributed by atoms with Crippen molar-refractivity contribution in [2.24, 2.45) is 0 Å². The van der Waals surface area contributed by atoms with Gasteiger partial charge in [0.15, 0.2) is 0 Å². The summed E-state index contributed by atoms with van der Waals surface area (Å²) >= 11 is 0. The highest BCUT2D eigenvalue weighted by atomic mass is 19.1. The van der Waals surface area contributed by atoms with Crippen LogP contribution in [0.2, 0.25) is 0 Å². The molecule has 0 unspecified atom stereocenters. The van der Waals surface area contributed by atoms with Gasteiger partial charge in [-0.1, -0.05) is 38.0 Å². The normalized spacial score (nSPS) is 17.5. The maximum absolute atomic E-state index is 14.1. The Bertz CT molecular complexity index is 628. The highest BCUT2D eigenvalue weighted by Crippen LogP contribution is 2.29. The van der Waals surface area contributed by atoms with E-state index in [9.17, 15) is 14.0 Å². The SMILES string of the molecule is CCCCCOC(=O)C1=C(C)NC(=O)N[C@H]1c1ccccc1F. The first kappa shape index (κ1) is 17.0. The van der Waals surface area contributed by atoms with Crippen LogP contribution in [0.1, 0.15) is 44.7 Å². The lowest BCUT2D eigenvalue weighted by atomic mass is 9.95. The fraction of sp³-hybridized carbons (Fsp3) is 0.412. The molecule has 23 heavy (non-hydrogen) atoms. The Morgan fingerprint density at radius 1 is 1.30 bits per heavy atom. The maximum Gasteiger partial charge on any atom is 0.338 e. The molecule has 6 heteroatoms. The van der Waals surface area contributed by atoms with Crippen molar-refractivity contribution in [1.29, 1.82) is 0 Å². The van der Waals surface area contributed by atoms with Crippen LogP contribution in [0.3, 0.4) is 0 Å². The Morgan fingerprint density at radius 2 is 2.04 bits per heavy atom. The Balaban J connectivity index is 2.25. The molecule has 1 aliphatic rings. The number of unbranched alkanes of at least 4 members (excludes halogenated alkanes) is 2. The number of benzene rings is 1. The lowest BCUT2D eigenvalue weighted by Crippen LogP contribution is -2.45. The lowest BCUT2D eigenvalue weighted by Gasteiger charge is -2.28. The smallest absolute Gasteiger partial charge is 0.338 e. The van der Waals surface area contributed by atoms with Gasteiger partial charge in [-0.15, -0.1) is 0 Å². The van der Waals surface area contributed by atoms with Crippen LogP contribution >= 0.6 is 0 Å². The van der Waals surface area contributed by atoms with E-state index in [1.165, 1.54) is 6.07 Å². The molecule has 1 aromatic rings. The Kier molecular flexibility index (Phi) is 5.73. The van der Waals surface area contributed by atoms with E-state index in [1.54, 1.807) is 25.1 Å². The first-order valence-corrected chi connectivity index (χ1v) is 7.74. The average molecular weight is 320 g/mol. The van der Waals surface area contributed by atoms with E-state index >= 15 is 0 Å². The maximum atomic E-state index is 14.1. The summed E-state index contributed by atoms with van der Waals surface area (Å²) in [4.78, 5) is 24.1. The summed E-state index contributed by atoms with van der Waals surface area (Å²) in [5.41, 5.74) is 0.843. The topological polar surface area (TPSA) is 67.4 Å². The Labute approximate surface area is 134 Å².